The van der Waals surface area contributed by atoms with Crippen LogP contribution in [0.15, 0.2) is 24.3 Å². The van der Waals surface area contributed by atoms with Crippen LogP contribution < -0.4 is 5.32 Å². The summed E-state index contributed by atoms with van der Waals surface area (Å²) in [6.07, 6.45) is 0. The molecule has 0 saturated heterocycles. The summed E-state index contributed by atoms with van der Waals surface area (Å²) in [5.74, 6) is 2.38. The highest BCUT2D eigenvalue weighted by Crippen LogP contribution is 2.30. The Morgan fingerprint density at radius 1 is 1.42 bits per heavy atom. The fourth-order valence-electron chi connectivity index (χ4n) is 1.62. The fraction of sp³-hybridized carbons (Fsp3) is 0.400. The maximum absolute atomic E-state index is 3.34. The first-order chi connectivity index (χ1) is 5.92. The van der Waals surface area contributed by atoms with Crippen LogP contribution in [0.5, 0.6) is 0 Å². The van der Waals surface area contributed by atoms with E-state index in [4.69, 9.17) is 0 Å². The minimum absolute atomic E-state index is 0.556. The van der Waals surface area contributed by atoms with Crippen LogP contribution in [0.4, 0.5) is 0 Å². The van der Waals surface area contributed by atoms with E-state index in [-0.39, 0.29) is 0 Å². The first-order valence-electron chi connectivity index (χ1n) is 4.24. The molecule has 1 aliphatic heterocycles. The number of fused-ring (bicyclic) bond motifs is 1. The van der Waals surface area contributed by atoms with Crippen molar-refractivity contribution in [2.45, 2.75) is 11.8 Å². The third-order valence-electron chi connectivity index (χ3n) is 2.32. The van der Waals surface area contributed by atoms with Gasteiger partial charge >= 0.3 is 0 Å². The van der Waals surface area contributed by atoms with Gasteiger partial charge in [-0.05, 0) is 18.2 Å². The lowest BCUT2D eigenvalue weighted by molar-refractivity contribution is 0.651. The summed E-state index contributed by atoms with van der Waals surface area (Å²) in [5, 5.41) is 3.34. The summed E-state index contributed by atoms with van der Waals surface area (Å²) < 4.78 is 0. The Bertz CT molecular complexity index is 272. The van der Waals surface area contributed by atoms with Crippen molar-refractivity contribution >= 4 is 11.8 Å². The van der Waals surface area contributed by atoms with Gasteiger partial charge in [0.05, 0.1) is 0 Å². The standard InChI is InChI=1S/C10H13NS/c1-11-10-7-12-6-8-4-2-3-5-9(8)10/h2-5,10-11H,6-7H2,1H3. The molecule has 1 atom stereocenters. The largest absolute Gasteiger partial charge is 0.312 e. The Kier molecular flexibility index (Phi) is 2.38. The van der Waals surface area contributed by atoms with Crippen LogP contribution in [-0.4, -0.2) is 12.8 Å². The third kappa shape index (κ3) is 1.37. The molecule has 0 fully saturated rings. The van der Waals surface area contributed by atoms with Crippen molar-refractivity contribution in [2.24, 2.45) is 0 Å². The van der Waals surface area contributed by atoms with Gasteiger partial charge in [-0.3, -0.25) is 0 Å². The predicted octanol–water partition coefficient (Wildman–Crippen LogP) is 2.19. The van der Waals surface area contributed by atoms with Gasteiger partial charge in [0.25, 0.3) is 0 Å². The molecule has 0 radical (unpaired) electrons. The maximum Gasteiger partial charge on any atom is 0.0412 e. The molecule has 0 aliphatic carbocycles. The molecule has 1 heterocycles. The average molecular weight is 179 g/mol. The monoisotopic (exact) mass is 179 g/mol. The second-order valence-corrected chi connectivity index (χ2v) is 4.09. The van der Waals surface area contributed by atoms with Gasteiger partial charge in [-0.15, -0.1) is 0 Å². The molecule has 0 aromatic heterocycles. The van der Waals surface area contributed by atoms with E-state index in [0.29, 0.717) is 6.04 Å². The molecule has 1 aromatic carbocycles. The summed E-state index contributed by atoms with van der Waals surface area (Å²) in [6.45, 7) is 0. The van der Waals surface area contributed by atoms with E-state index in [2.05, 4.69) is 29.6 Å². The van der Waals surface area contributed by atoms with Crippen LogP contribution in [0.3, 0.4) is 0 Å². The van der Waals surface area contributed by atoms with Gasteiger partial charge in [0, 0.05) is 17.5 Å². The molecule has 12 heavy (non-hydrogen) atoms. The van der Waals surface area contributed by atoms with E-state index in [1.807, 2.05) is 18.8 Å². The molecular formula is C10H13NS. The normalized spacial score (nSPS) is 21.9. The maximum atomic E-state index is 3.34. The van der Waals surface area contributed by atoms with Crippen molar-refractivity contribution in [2.75, 3.05) is 12.8 Å². The van der Waals surface area contributed by atoms with Crippen LogP contribution in [0.25, 0.3) is 0 Å². The molecule has 2 rings (SSSR count). The molecule has 1 aliphatic rings. The Hall–Kier alpha value is -0.470. The Morgan fingerprint density at radius 3 is 3.08 bits per heavy atom. The van der Waals surface area contributed by atoms with E-state index in [1.165, 1.54) is 22.6 Å². The minimum atomic E-state index is 0.556. The number of hydrogen-bond donors (Lipinski definition) is 1. The third-order valence-corrected chi connectivity index (χ3v) is 3.41. The van der Waals surface area contributed by atoms with E-state index in [0.717, 1.165) is 0 Å². The summed E-state index contributed by atoms with van der Waals surface area (Å²) in [7, 11) is 2.04. The van der Waals surface area contributed by atoms with Crippen molar-refractivity contribution in [1.29, 1.82) is 0 Å². The van der Waals surface area contributed by atoms with Crippen LogP contribution in [-0.2, 0) is 5.75 Å². The number of nitrogens with one attached hydrogen (secondary N) is 1. The Balaban J connectivity index is 2.37. The topological polar surface area (TPSA) is 12.0 Å². The summed E-state index contributed by atoms with van der Waals surface area (Å²) in [4.78, 5) is 0. The van der Waals surface area contributed by atoms with E-state index in [9.17, 15) is 0 Å². The molecule has 0 saturated carbocycles. The number of rotatable bonds is 1. The lowest BCUT2D eigenvalue weighted by atomic mass is 10.0. The van der Waals surface area contributed by atoms with Gasteiger partial charge < -0.3 is 5.32 Å². The lowest BCUT2D eigenvalue weighted by Crippen LogP contribution is -2.22. The molecule has 1 unspecified atom stereocenters. The smallest absolute Gasteiger partial charge is 0.0412 e. The van der Waals surface area contributed by atoms with E-state index < -0.39 is 0 Å². The van der Waals surface area contributed by atoms with Crippen molar-refractivity contribution in [3.8, 4) is 0 Å². The molecule has 64 valence electrons. The molecule has 1 nitrogen and oxygen atoms in total. The van der Waals surface area contributed by atoms with Crippen LogP contribution in [0.1, 0.15) is 17.2 Å². The first-order valence-corrected chi connectivity index (χ1v) is 5.40. The average Bonchev–Trinajstić information content (AvgIpc) is 2.17. The first kappa shape index (κ1) is 8.14. The van der Waals surface area contributed by atoms with Gasteiger partial charge in [0.1, 0.15) is 0 Å². The highest BCUT2D eigenvalue weighted by molar-refractivity contribution is 7.98. The summed E-state index contributed by atoms with van der Waals surface area (Å²) in [5.41, 5.74) is 2.98. The van der Waals surface area contributed by atoms with Crippen molar-refractivity contribution in [3.05, 3.63) is 35.4 Å². The molecule has 0 amide bonds. The minimum Gasteiger partial charge on any atom is -0.312 e. The second kappa shape index (κ2) is 3.50. The van der Waals surface area contributed by atoms with Crippen molar-refractivity contribution in [1.82, 2.24) is 5.32 Å². The van der Waals surface area contributed by atoms with Crippen molar-refractivity contribution in [3.63, 3.8) is 0 Å². The predicted molar refractivity (Wildman–Crippen MR) is 54.4 cm³/mol. The molecule has 1 N–H and O–H groups in total. The molecule has 0 bridgehead atoms. The SMILES string of the molecule is CNC1CSCc2ccccc21. The fourth-order valence-corrected chi connectivity index (χ4v) is 2.80. The molecule has 2 heteroatoms. The summed E-state index contributed by atoms with van der Waals surface area (Å²) >= 11 is 2.01. The Labute approximate surface area is 77.6 Å². The molecule has 0 spiro atoms. The quantitative estimate of drug-likeness (QED) is 0.709. The zero-order valence-corrected chi connectivity index (χ0v) is 8.03. The van der Waals surface area contributed by atoms with Gasteiger partial charge in [-0.25, -0.2) is 0 Å². The second-order valence-electron chi connectivity index (χ2n) is 3.06. The highest BCUT2D eigenvalue weighted by atomic mass is 32.2. The van der Waals surface area contributed by atoms with Crippen LogP contribution in [0.2, 0.25) is 0 Å². The molecule has 1 aromatic rings. The van der Waals surface area contributed by atoms with E-state index in [1.54, 1.807) is 0 Å². The highest BCUT2D eigenvalue weighted by Gasteiger charge is 2.17. The van der Waals surface area contributed by atoms with Crippen molar-refractivity contribution < 1.29 is 0 Å². The molecular weight excluding hydrogens is 166 g/mol. The number of hydrogen-bond acceptors (Lipinski definition) is 2. The zero-order valence-electron chi connectivity index (χ0n) is 7.21. The van der Waals surface area contributed by atoms with Gasteiger partial charge in [0.15, 0.2) is 0 Å². The van der Waals surface area contributed by atoms with Gasteiger partial charge in [-0.2, -0.15) is 11.8 Å². The summed E-state index contributed by atoms with van der Waals surface area (Å²) in [6, 6.07) is 9.26. The van der Waals surface area contributed by atoms with Gasteiger partial charge in [-0.1, -0.05) is 24.3 Å². The van der Waals surface area contributed by atoms with Crippen LogP contribution >= 0.6 is 11.8 Å². The zero-order chi connectivity index (χ0) is 8.39. The number of thioether (sulfide) groups is 1. The lowest BCUT2D eigenvalue weighted by Gasteiger charge is -2.24. The van der Waals surface area contributed by atoms with E-state index >= 15 is 0 Å². The number of benzene rings is 1. The van der Waals surface area contributed by atoms with Crippen LogP contribution in [0, 0.1) is 0 Å². The Morgan fingerprint density at radius 2 is 2.25 bits per heavy atom. The van der Waals surface area contributed by atoms with Gasteiger partial charge in [0.2, 0.25) is 0 Å².